The van der Waals surface area contributed by atoms with Crippen LogP contribution >= 0.6 is 0 Å². The monoisotopic (exact) mass is 261 g/mol. The zero-order valence-electron chi connectivity index (χ0n) is 12.4. The first-order valence-electron chi connectivity index (χ1n) is 6.72. The van der Waals surface area contributed by atoms with Crippen LogP contribution in [-0.2, 0) is 13.5 Å². The first-order chi connectivity index (χ1) is 9.01. The molecular weight excluding hydrogens is 238 g/mol. The van der Waals surface area contributed by atoms with Crippen LogP contribution in [0.1, 0.15) is 42.9 Å². The Morgan fingerprint density at radius 3 is 2.53 bits per heavy atom. The lowest BCUT2D eigenvalue weighted by Crippen LogP contribution is -2.19. The molecule has 0 bridgehead atoms. The molecule has 1 N–H and O–H groups in total. The Morgan fingerprint density at radius 2 is 2.05 bits per heavy atom. The van der Waals surface area contributed by atoms with Crippen molar-refractivity contribution in [3.63, 3.8) is 0 Å². The quantitative estimate of drug-likeness (QED) is 0.895. The maximum Gasteiger partial charge on any atom is 0.0643 e. The summed E-state index contributed by atoms with van der Waals surface area (Å²) in [5.74, 6) is 0. The molecule has 2 rings (SSSR count). The second-order valence-electron chi connectivity index (χ2n) is 5.27. The minimum Gasteiger partial charge on any atom is -0.313 e. The van der Waals surface area contributed by atoms with Crippen molar-refractivity contribution in [2.24, 2.45) is 7.05 Å². The van der Waals surface area contributed by atoms with Crippen molar-refractivity contribution in [2.45, 2.75) is 39.3 Å². The SMILES string of the molecule is CNC(Cc1ccn(C(C)C)n1)c1cn(C)nc1C. The average Bonchev–Trinajstić information content (AvgIpc) is 2.93. The lowest BCUT2D eigenvalue weighted by atomic mass is 10.0. The molecule has 0 aliphatic rings. The highest BCUT2D eigenvalue weighted by molar-refractivity contribution is 5.22. The Hall–Kier alpha value is -1.62. The van der Waals surface area contributed by atoms with Crippen LogP contribution in [0.25, 0.3) is 0 Å². The third kappa shape index (κ3) is 3.04. The van der Waals surface area contributed by atoms with Crippen molar-refractivity contribution in [1.29, 1.82) is 0 Å². The highest BCUT2D eigenvalue weighted by Gasteiger charge is 2.16. The highest BCUT2D eigenvalue weighted by atomic mass is 15.3. The van der Waals surface area contributed by atoms with Gasteiger partial charge in [-0.15, -0.1) is 0 Å². The summed E-state index contributed by atoms with van der Waals surface area (Å²) in [5.41, 5.74) is 3.42. The van der Waals surface area contributed by atoms with Crippen LogP contribution < -0.4 is 5.32 Å². The van der Waals surface area contributed by atoms with E-state index in [4.69, 9.17) is 0 Å². The van der Waals surface area contributed by atoms with Gasteiger partial charge in [0, 0.05) is 43.5 Å². The van der Waals surface area contributed by atoms with E-state index in [1.165, 1.54) is 5.56 Å². The standard InChI is InChI=1S/C14H23N5/c1-10(2)19-7-6-12(17-19)8-14(15-4)13-9-18(5)16-11(13)3/h6-7,9-10,14-15H,8H2,1-5H3. The normalized spacial score (nSPS) is 13.2. The Kier molecular flexibility index (Phi) is 4.04. The van der Waals surface area contributed by atoms with Gasteiger partial charge >= 0.3 is 0 Å². The number of nitrogens with zero attached hydrogens (tertiary/aromatic N) is 4. The van der Waals surface area contributed by atoms with E-state index in [2.05, 4.69) is 41.6 Å². The van der Waals surface area contributed by atoms with Crippen molar-refractivity contribution in [3.05, 3.63) is 35.4 Å². The smallest absolute Gasteiger partial charge is 0.0643 e. The van der Waals surface area contributed by atoms with Crippen molar-refractivity contribution >= 4 is 0 Å². The zero-order chi connectivity index (χ0) is 14.0. The third-order valence-electron chi connectivity index (χ3n) is 3.38. The number of hydrogen-bond acceptors (Lipinski definition) is 3. The van der Waals surface area contributed by atoms with E-state index in [-0.39, 0.29) is 6.04 Å². The summed E-state index contributed by atoms with van der Waals surface area (Å²) in [6.07, 6.45) is 5.00. The largest absolute Gasteiger partial charge is 0.313 e. The Balaban J connectivity index is 2.16. The van der Waals surface area contributed by atoms with E-state index in [1.54, 1.807) is 0 Å². The van der Waals surface area contributed by atoms with Gasteiger partial charge in [0.15, 0.2) is 0 Å². The molecule has 104 valence electrons. The predicted octanol–water partition coefficient (Wildman–Crippen LogP) is 2.01. The van der Waals surface area contributed by atoms with Gasteiger partial charge in [0.25, 0.3) is 0 Å². The zero-order valence-corrected chi connectivity index (χ0v) is 12.4. The molecule has 0 aliphatic heterocycles. The molecule has 5 heteroatoms. The second-order valence-corrected chi connectivity index (χ2v) is 5.27. The molecule has 0 saturated heterocycles. The van der Waals surface area contributed by atoms with Crippen molar-refractivity contribution in [1.82, 2.24) is 24.9 Å². The lowest BCUT2D eigenvalue weighted by molar-refractivity contribution is 0.514. The van der Waals surface area contributed by atoms with Gasteiger partial charge in [0.05, 0.1) is 11.4 Å². The Morgan fingerprint density at radius 1 is 1.32 bits per heavy atom. The summed E-state index contributed by atoms with van der Waals surface area (Å²) in [6.45, 7) is 6.32. The molecule has 0 amide bonds. The number of hydrogen-bond donors (Lipinski definition) is 1. The maximum absolute atomic E-state index is 4.61. The van der Waals surface area contributed by atoms with Gasteiger partial charge in [-0.1, -0.05) is 0 Å². The topological polar surface area (TPSA) is 47.7 Å². The molecule has 0 aliphatic carbocycles. The number of likely N-dealkylation sites (N-methyl/N-ethyl adjacent to an activating group) is 1. The van der Waals surface area contributed by atoms with Crippen molar-refractivity contribution in [2.75, 3.05) is 7.05 Å². The molecule has 2 aromatic heterocycles. The van der Waals surface area contributed by atoms with Gasteiger partial charge in [-0.25, -0.2) is 0 Å². The summed E-state index contributed by atoms with van der Waals surface area (Å²) in [4.78, 5) is 0. The molecule has 2 heterocycles. The summed E-state index contributed by atoms with van der Waals surface area (Å²) in [7, 11) is 3.94. The number of rotatable bonds is 5. The Bertz CT molecular complexity index is 538. The van der Waals surface area contributed by atoms with E-state index >= 15 is 0 Å². The van der Waals surface area contributed by atoms with E-state index < -0.39 is 0 Å². The van der Waals surface area contributed by atoms with E-state index in [9.17, 15) is 0 Å². The highest BCUT2D eigenvalue weighted by Crippen LogP contribution is 2.20. The molecular formula is C14H23N5. The van der Waals surface area contributed by atoms with Crippen molar-refractivity contribution in [3.8, 4) is 0 Å². The number of aromatic nitrogens is 4. The van der Waals surface area contributed by atoms with Crippen LogP contribution in [0.15, 0.2) is 18.5 Å². The van der Waals surface area contributed by atoms with Crippen LogP contribution in [0, 0.1) is 6.92 Å². The van der Waals surface area contributed by atoms with Gasteiger partial charge < -0.3 is 5.32 Å². The lowest BCUT2D eigenvalue weighted by Gasteiger charge is -2.14. The molecule has 0 radical (unpaired) electrons. The number of nitrogens with one attached hydrogen (secondary N) is 1. The predicted molar refractivity (Wildman–Crippen MR) is 76.1 cm³/mol. The summed E-state index contributed by atoms with van der Waals surface area (Å²) in [5, 5.41) is 12.4. The van der Waals surface area contributed by atoms with Crippen LogP contribution in [0.4, 0.5) is 0 Å². The van der Waals surface area contributed by atoms with Gasteiger partial charge in [-0.2, -0.15) is 10.2 Å². The maximum atomic E-state index is 4.61. The molecule has 0 fully saturated rings. The van der Waals surface area contributed by atoms with E-state index in [0.29, 0.717) is 6.04 Å². The fourth-order valence-electron chi connectivity index (χ4n) is 2.31. The summed E-state index contributed by atoms with van der Waals surface area (Å²) >= 11 is 0. The molecule has 1 unspecified atom stereocenters. The van der Waals surface area contributed by atoms with Gasteiger partial charge in [0.1, 0.15) is 0 Å². The van der Waals surface area contributed by atoms with Gasteiger partial charge in [-0.05, 0) is 33.9 Å². The second kappa shape index (κ2) is 5.57. The van der Waals surface area contributed by atoms with Crippen LogP contribution in [-0.4, -0.2) is 26.6 Å². The minimum atomic E-state index is 0.254. The summed E-state index contributed by atoms with van der Waals surface area (Å²) in [6, 6.07) is 2.75. The van der Waals surface area contributed by atoms with E-state index in [0.717, 1.165) is 17.8 Å². The average molecular weight is 261 g/mol. The van der Waals surface area contributed by atoms with Gasteiger partial charge in [-0.3, -0.25) is 9.36 Å². The summed E-state index contributed by atoms with van der Waals surface area (Å²) < 4.78 is 3.86. The van der Waals surface area contributed by atoms with Gasteiger partial charge in [0.2, 0.25) is 0 Å². The fraction of sp³-hybridized carbons (Fsp3) is 0.571. The van der Waals surface area contributed by atoms with Crippen LogP contribution in [0.3, 0.4) is 0 Å². The van der Waals surface area contributed by atoms with Crippen molar-refractivity contribution < 1.29 is 0 Å². The molecule has 5 nitrogen and oxygen atoms in total. The van der Waals surface area contributed by atoms with Crippen LogP contribution in [0.2, 0.25) is 0 Å². The Labute approximate surface area is 114 Å². The molecule has 0 aromatic carbocycles. The minimum absolute atomic E-state index is 0.254. The fourth-order valence-corrected chi connectivity index (χ4v) is 2.31. The molecule has 0 saturated carbocycles. The molecule has 1 atom stereocenters. The van der Waals surface area contributed by atoms with E-state index in [1.807, 2.05) is 36.6 Å². The molecule has 19 heavy (non-hydrogen) atoms. The first-order valence-corrected chi connectivity index (χ1v) is 6.72. The number of aryl methyl sites for hydroxylation is 2. The molecule has 2 aromatic rings. The van der Waals surface area contributed by atoms with Crippen LogP contribution in [0.5, 0.6) is 0 Å². The molecule has 0 spiro atoms. The third-order valence-corrected chi connectivity index (χ3v) is 3.38. The first kappa shape index (κ1) is 13.8.